The van der Waals surface area contributed by atoms with Crippen molar-refractivity contribution in [2.24, 2.45) is 0 Å². The second-order valence-electron chi connectivity index (χ2n) is 5.94. The molecular weight excluding hydrogens is 310 g/mol. The Balaban J connectivity index is 1.76. The molecule has 3 heterocycles. The van der Waals surface area contributed by atoms with E-state index in [4.69, 9.17) is 4.74 Å². The van der Waals surface area contributed by atoms with Crippen LogP contribution in [-0.4, -0.2) is 61.2 Å². The van der Waals surface area contributed by atoms with Crippen LogP contribution >= 0.6 is 0 Å². The smallest absolute Gasteiger partial charge is 0.259 e. The Labute approximate surface area is 140 Å². The number of piperidine rings is 1. The monoisotopic (exact) mass is 331 g/mol. The largest absolute Gasteiger partial charge is 0.477 e. The van der Waals surface area contributed by atoms with Gasteiger partial charge in [-0.05, 0) is 31.9 Å². The summed E-state index contributed by atoms with van der Waals surface area (Å²) in [6.07, 6.45) is 6.20. The van der Waals surface area contributed by atoms with E-state index in [9.17, 15) is 9.90 Å². The number of amides is 1. The Kier molecular flexibility index (Phi) is 4.75. The fourth-order valence-electron chi connectivity index (χ4n) is 3.01. The summed E-state index contributed by atoms with van der Waals surface area (Å²) in [5.74, 6) is 0.152. The maximum absolute atomic E-state index is 12.8. The molecule has 1 aliphatic rings. The maximum atomic E-state index is 12.8. The highest BCUT2D eigenvalue weighted by Crippen LogP contribution is 2.26. The van der Waals surface area contributed by atoms with Crippen LogP contribution in [0.1, 0.15) is 30.1 Å². The van der Waals surface area contributed by atoms with Crippen LogP contribution in [0.4, 0.5) is 0 Å². The van der Waals surface area contributed by atoms with Gasteiger partial charge in [0.1, 0.15) is 11.2 Å². The number of β-amino-alcohol motifs (C(OH)–C–C–N with tert-alkyl or cyclic N) is 1. The maximum Gasteiger partial charge on any atom is 0.259 e. The predicted molar refractivity (Wildman–Crippen MR) is 85.5 cm³/mol. The first-order valence-electron chi connectivity index (χ1n) is 8.05. The number of carbonyl (C=O) groups is 1. The third-order valence-electron chi connectivity index (χ3n) is 4.05. The topological polar surface area (TPSA) is 93.4 Å². The van der Waals surface area contributed by atoms with Crippen molar-refractivity contribution in [1.82, 2.24) is 24.9 Å². The molecule has 0 aromatic carbocycles. The van der Waals surface area contributed by atoms with Crippen LogP contribution in [0.5, 0.6) is 5.88 Å². The van der Waals surface area contributed by atoms with Crippen LogP contribution in [-0.2, 0) is 6.54 Å². The van der Waals surface area contributed by atoms with Gasteiger partial charge in [0.15, 0.2) is 0 Å². The molecule has 1 aliphatic heterocycles. The van der Waals surface area contributed by atoms with Crippen LogP contribution in [0, 0.1) is 0 Å². The molecule has 3 rings (SSSR count). The van der Waals surface area contributed by atoms with Crippen molar-refractivity contribution in [2.75, 3.05) is 19.7 Å². The highest BCUT2D eigenvalue weighted by Gasteiger charge is 2.36. The Bertz CT molecular complexity index is 691. The molecule has 0 radical (unpaired) electrons. The standard InChI is InChI=1S/C16H21N5O3/c1-2-24-14-13(5-3-7-17-14)15(22)20-9-4-6-16(23,11-20)12-21-10-8-18-19-21/h3,5,7-8,10,23H,2,4,6,9,11-12H2,1H3. The molecule has 2 aromatic heterocycles. The zero-order valence-electron chi connectivity index (χ0n) is 13.6. The minimum absolute atomic E-state index is 0.178. The summed E-state index contributed by atoms with van der Waals surface area (Å²) in [6.45, 7) is 3.43. The number of hydrogen-bond donors (Lipinski definition) is 1. The molecule has 1 saturated heterocycles. The number of pyridine rings is 1. The van der Waals surface area contributed by atoms with Crippen molar-refractivity contribution in [1.29, 1.82) is 0 Å². The molecule has 8 heteroatoms. The first kappa shape index (κ1) is 16.4. The number of rotatable bonds is 5. The lowest BCUT2D eigenvalue weighted by atomic mass is 9.92. The molecule has 0 saturated carbocycles. The van der Waals surface area contributed by atoms with Crippen LogP contribution in [0.15, 0.2) is 30.7 Å². The minimum Gasteiger partial charge on any atom is -0.477 e. The highest BCUT2D eigenvalue weighted by molar-refractivity contribution is 5.96. The van der Waals surface area contributed by atoms with E-state index in [-0.39, 0.29) is 12.5 Å². The number of carbonyl (C=O) groups excluding carboxylic acids is 1. The fraction of sp³-hybridized carbons (Fsp3) is 0.500. The summed E-state index contributed by atoms with van der Waals surface area (Å²) in [5.41, 5.74) is -0.598. The molecule has 0 bridgehead atoms. The minimum atomic E-state index is -1.02. The van der Waals surface area contributed by atoms with Gasteiger partial charge in [-0.2, -0.15) is 0 Å². The zero-order chi connectivity index (χ0) is 17.0. The lowest BCUT2D eigenvalue weighted by Gasteiger charge is -2.39. The Morgan fingerprint density at radius 1 is 1.46 bits per heavy atom. The SMILES string of the molecule is CCOc1ncccc1C(=O)N1CCCC(O)(Cn2ccnn2)C1. The van der Waals surface area contributed by atoms with E-state index >= 15 is 0 Å². The Morgan fingerprint density at radius 3 is 3.08 bits per heavy atom. The van der Waals surface area contributed by atoms with Crippen molar-refractivity contribution in [3.8, 4) is 5.88 Å². The molecule has 2 aromatic rings. The van der Waals surface area contributed by atoms with Gasteiger partial charge in [0.05, 0.1) is 25.9 Å². The van der Waals surface area contributed by atoms with Gasteiger partial charge in [-0.25, -0.2) is 9.67 Å². The third-order valence-corrected chi connectivity index (χ3v) is 4.05. The van der Waals surface area contributed by atoms with Gasteiger partial charge in [-0.1, -0.05) is 5.21 Å². The molecule has 1 amide bonds. The number of aromatic nitrogens is 4. The van der Waals surface area contributed by atoms with E-state index in [1.165, 1.54) is 0 Å². The molecule has 0 aliphatic carbocycles. The van der Waals surface area contributed by atoms with Crippen LogP contribution in [0.2, 0.25) is 0 Å². The van der Waals surface area contributed by atoms with E-state index < -0.39 is 5.60 Å². The average Bonchev–Trinajstić information content (AvgIpc) is 3.07. The van der Waals surface area contributed by atoms with Gasteiger partial charge in [-0.15, -0.1) is 5.10 Å². The number of likely N-dealkylation sites (tertiary alicyclic amines) is 1. The molecule has 1 unspecified atom stereocenters. The Morgan fingerprint density at radius 2 is 2.33 bits per heavy atom. The van der Waals surface area contributed by atoms with Crippen molar-refractivity contribution in [2.45, 2.75) is 31.9 Å². The van der Waals surface area contributed by atoms with Crippen molar-refractivity contribution >= 4 is 5.91 Å². The molecule has 24 heavy (non-hydrogen) atoms. The normalized spacial score (nSPS) is 20.8. The van der Waals surface area contributed by atoms with E-state index in [0.717, 1.165) is 6.42 Å². The fourth-order valence-corrected chi connectivity index (χ4v) is 3.01. The summed E-state index contributed by atoms with van der Waals surface area (Å²) >= 11 is 0. The van der Waals surface area contributed by atoms with Gasteiger partial charge < -0.3 is 14.7 Å². The average molecular weight is 331 g/mol. The van der Waals surface area contributed by atoms with Crippen LogP contribution in [0.3, 0.4) is 0 Å². The molecule has 1 N–H and O–H groups in total. The van der Waals surface area contributed by atoms with Gasteiger partial charge in [0.25, 0.3) is 5.91 Å². The first-order chi connectivity index (χ1) is 11.6. The molecule has 8 nitrogen and oxygen atoms in total. The third kappa shape index (κ3) is 3.53. The summed E-state index contributed by atoms with van der Waals surface area (Å²) in [6, 6.07) is 3.41. The number of aliphatic hydroxyl groups is 1. The summed E-state index contributed by atoms with van der Waals surface area (Å²) in [4.78, 5) is 18.6. The van der Waals surface area contributed by atoms with Crippen LogP contribution in [0.25, 0.3) is 0 Å². The quantitative estimate of drug-likeness (QED) is 0.868. The lowest BCUT2D eigenvalue weighted by molar-refractivity contribution is -0.0388. The highest BCUT2D eigenvalue weighted by atomic mass is 16.5. The summed E-state index contributed by atoms with van der Waals surface area (Å²) in [7, 11) is 0. The van der Waals surface area contributed by atoms with Gasteiger partial charge in [0, 0.05) is 18.9 Å². The number of nitrogens with zero attached hydrogens (tertiary/aromatic N) is 5. The van der Waals surface area contributed by atoms with E-state index in [1.807, 2.05) is 6.92 Å². The molecule has 1 fully saturated rings. The summed E-state index contributed by atoms with van der Waals surface area (Å²) in [5, 5.41) is 18.5. The van der Waals surface area contributed by atoms with Crippen molar-refractivity contribution in [3.63, 3.8) is 0 Å². The van der Waals surface area contributed by atoms with Gasteiger partial charge in [0.2, 0.25) is 5.88 Å². The number of hydrogen-bond acceptors (Lipinski definition) is 6. The van der Waals surface area contributed by atoms with Crippen molar-refractivity contribution < 1.29 is 14.6 Å². The Hall–Kier alpha value is -2.48. The molecule has 128 valence electrons. The van der Waals surface area contributed by atoms with E-state index in [1.54, 1.807) is 40.3 Å². The number of ether oxygens (including phenoxy) is 1. The lowest BCUT2D eigenvalue weighted by Crippen LogP contribution is -2.52. The summed E-state index contributed by atoms with van der Waals surface area (Å²) < 4.78 is 7.03. The molecule has 0 spiro atoms. The second kappa shape index (κ2) is 6.96. The first-order valence-corrected chi connectivity index (χ1v) is 8.05. The van der Waals surface area contributed by atoms with Crippen LogP contribution < -0.4 is 4.74 Å². The van der Waals surface area contributed by atoms with Gasteiger partial charge >= 0.3 is 0 Å². The van der Waals surface area contributed by atoms with E-state index in [2.05, 4.69) is 15.3 Å². The molecular formula is C16H21N5O3. The van der Waals surface area contributed by atoms with Crippen molar-refractivity contribution in [3.05, 3.63) is 36.3 Å². The van der Waals surface area contributed by atoms with Gasteiger partial charge in [-0.3, -0.25) is 4.79 Å². The van der Waals surface area contributed by atoms with E-state index in [0.29, 0.717) is 37.6 Å². The predicted octanol–water partition coefficient (Wildman–Crippen LogP) is 0.739. The second-order valence-corrected chi connectivity index (χ2v) is 5.94. The zero-order valence-corrected chi connectivity index (χ0v) is 13.6. The molecule has 1 atom stereocenters.